The first-order chi connectivity index (χ1) is 11.7. The lowest BCUT2D eigenvalue weighted by Gasteiger charge is -2.18. The highest BCUT2D eigenvalue weighted by Gasteiger charge is 2.51. The zero-order chi connectivity index (χ0) is 17.0. The Bertz CT molecular complexity index is 665. The Hall–Kier alpha value is -1.72. The van der Waals surface area contributed by atoms with Crippen molar-refractivity contribution < 1.29 is 14.3 Å². The number of aliphatic hydroxyl groups excluding tert-OH is 1. The summed E-state index contributed by atoms with van der Waals surface area (Å²) >= 11 is 1.65. The van der Waals surface area contributed by atoms with Gasteiger partial charge in [-0.05, 0) is 71.7 Å². The number of hydrogen-bond donors (Lipinski definition) is 2. The molecule has 2 aromatic rings. The molecule has 24 heavy (non-hydrogen) atoms. The van der Waals surface area contributed by atoms with Crippen molar-refractivity contribution in [2.24, 2.45) is 0 Å². The Morgan fingerprint density at radius 2 is 2.00 bits per heavy atom. The van der Waals surface area contributed by atoms with Gasteiger partial charge < -0.3 is 10.4 Å². The number of rotatable bonds is 8. The van der Waals surface area contributed by atoms with Crippen molar-refractivity contribution in [1.82, 2.24) is 5.32 Å². The summed E-state index contributed by atoms with van der Waals surface area (Å²) in [6.07, 6.45) is 3.14. The van der Waals surface area contributed by atoms with Gasteiger partial charge in [-0.1, -0.05) is 12.1 Å². The Kier molecular flexibility index (Phi) is 5.31. The first-order valence-corrected chi connectivity index (χ1v) is 9.27. The molecular weight excluding hydrogens is 325 g/mol. The summed E-state index contributed by atoms with van der Waals surface area (Å²) in [6, 6.07) is 8.32. The van der Waals surface area contributed by atoms with Crippen LogP contribution in [0, 0.1) is 5.82 Å². The molecular formula is C19H22FNO2S. The third-order valence-electron chi connectivity index (χ3n) is 4.85. The summed E-state index contributed by atoms with van der Waals surface area (Å²) in [5, 5.41) is 16.4. The molecule has 1 saturated carbocycles. The minimum atomic E-state index is -0.470. The van der Waals surface area contributed by atoms with Crippen LogP contribution in [0.2, 0.25) is 0 Å². The fourth-order valence-electron chi connectivity index (χ4n) is 3.21. The van der Waals surface area contributed by atoms with E-state index in [4.69, 9.17) is 0 Å². The molecule has 0 radical (unpaired) electrons. The third-order valence-corrected chi connectivity index (χ3v) is 5.55. The number of amides is 1. The Labute approximate surface area is 145 Å². The third kappa shape index (κ3) is 3.68. The van der Waals surface area contributed by atoms with Gasteiger partial charge in [-0.15, -0.1) is 0 Å². The molecule has 0 unspecified atom stereocenters. The van der Waals surface area contributed by atoms with Crippen molar-refractivity contribution in [3.05, 3.63) is 58.0 Å². The Morgan fingerprint density at radius 1 is 1.25 bits per heavy atom. The van der Waals surface area contributed by atoms with Crippen LogP contribution in [0.25, 0.3) is 0 Å². The standard InChI is InChI=1S/C19H22FNO2S/c20-17-3-1-16(2-4-17)19(8-9-19)18(23)21-10-5-14(6-11-22)15-7-12-24-13-15/h1-4,7,12-14,22H,5-6,8-11H2,(H,21,23)/t14-/m1/s1. The predicted molar refractivity (Wildman–Crippen MR) is 93.7 cm³/mol. The van der Waals surface area contributed by atoms with Crippen molar-refractivity contribution in [2.75, 3.05) is 13.2 Å². The van der Waals surface area contributed by atoms with E-state index >= 15 is 0 Å². The minimum absolute atomic E-state index is 0.0298. The van der Waals surface area contributed by atoms with E-state index in [-0.39, 0.29) is 24.2 Å². The van der Waals surface area contributed by atoms with Crippen LogP contribution in [0.3, 0.4) is 0 Å². The first kappa shape index (κ1) is 17.1. The maximum Gasteiger partial charge on any atom is 0.230 e. The Balaban J connectivity index is 1.56. The van der Waals surface area contributed by atoms with Crippen LogP contribution in [0.4, 0.5) is 4.39 Å². The summed E-state index contributed by atoms with van der Waals surface area (Å²) < 4.78 is 13.1. The largest absolute Gasteiger partial charge is 0.396 e. The fraction of sp³-hybridized carbons (Fsp3) is 0.421. The van der Waals surface area contributed by atoms with E-state index in [2.05, 4.69) is 16.8 Å². The molecule has 0 bridgehead atoms. The van der Waals surface area contributed by atoms with E-state index in [0.717, 1.165) is 24.8 Å². The molecule has 1 heterocycles. The predicted octanol–water partition coefficient (Wildman–Crippen LogP) is 3.59. The zero-order valence-corrected chi connectivity index (χ0v) is 14.3. The SMILES string of the molecule is O=C(NCC[C@H](CCO)c1ccsc1)C1(c2ccc(F)cc2)CC1. The summed E-state index contributed by atoms with van der Waals surface area (Å²) in [5.41, 5.74) is 1.65. The molecule has 1 atom stereocenters. The molecule has 0 spiro atoms. The topological polar surface area (TPSA) is 49.3 Å². The van der Waals surface area contributed by atoms with E-state index in [1.807, 2.05) is 5.38 Å². The van der Waals surface area contributed by atoms with Crippen molar-refractivity contribution in [1.29, 1.82) is 0 Å². The second-order valence-corrected chi connectivity index (χ2v) is 7.18. The number of nitrogens with one attached hydrogen (secondary N) is 1. The average molecular weight is 347 g/mol. The van der Waals surface area contributed by atoms with E-state index < -0.39 is 5.41 Å². The van der Waals surface area contributed by atoms with Gasteiger partial charge in [0.2, 0.25) is 5.91 Å². The normalized spacial score (nSPS) is 16.6. The molecule has 1 aromatic heterocycles. The zero-order valence-electron chi connectivity index (χ0n) is 13.5. The lowest BCUT2D eigenvalue weighted by atomic mass is 9.93. The van der Waals surface area contributed by atoms with E-state index in [0.29, 0.717) is 13.0 Å². The second-order valence-electron chi connectivity index (χ2n) is 6.40. The molecule has 3 nitrogen and oxygen atoms in total. The van der Waals surface area contributed by atoms with E-state index in [1.165, 1.54) is 17.7 Å². The quantitative estimate of drug-likeness (QED) is 0.767. The maximum absolute atomic E-state index is 13.1. The molecule has 1 aromatic carbocycles. The fourth-order valence-corrected chi connectivity index (χ4v) is 3.95. The molecule has 1 fully saturated rings. The number of halogens is 1. The number of carbonyl (C=O) groups excluding carboxylic acids is 1. The molecule has 128 valence electrons. The van der Waals surface area contributed by atoms with Crippen LogP contribution < -0.4 is 5.32 Å². The molecule has 1 amide bonds. The van der Waals surface area contributed by atoms with Gasteiger partial charge in [0.25, 0.3) is 0 Å². The molecule has 1 aliphatic carbocycles. The van der Waals surface area contributed by atoms with Gasteiger partial charge in [0.05, 0.1) is 5.41 Å². The molecule has 5 heteroatoms. The van der Waals surface area contributed by atoms with E-state index in [1.54, 1.807) is 23.5 Å². The van der Waals surface area contributed by atoms with Crippen LogP contribution >= 0.6 is 11.3 Å². The first-order valence-electron chi connectivity index (χ1n) is 8.33. The number of benzene rings is 1. The van der Waals surface area contributed by atoms with Crippen LogP contribution in [-0.4, -0.2) is 24.2 Å². The van der Waals surface area contributed by atoms with Gasteiger partial charge in [0.15, 0.2) is 0 Å². The smallest absolute Gasteiger partial charge is 0.230 e. The van der Waals surface area contributed by atoms with Gasteiger partial charge in [0, 0.05) is 13.2 Å². The average Bonchev–Trinajstić information content (AvgIpc) is 3.21. The van der Waals surface area contributed by atoms with Crippen molar-refractivity contribution >= 4 is 17.2 Å². The van der Waals surface area contributed by atoms with Crippen LogP contribution in [-0.2, 0) is 10.2 Å². The van der Waals surface area contributed by atoms with Crippen LogP contribution in [0.1, 0.15) is 42.7 Å². The van der Waals surface area contributed by atoms with Gasteiger partial charge in [-0.2, -0.15) is 11.3 Å². The second kappa shape index (κ2) is 7.45. The van der Waals surface area contributed by atoms with Crippen LogP contribution in [0.15, 0.2) is 41.1 Å². The lowest BCUT2D eigenvalue weighted by molar-refractivity contribution is -0.123. The molecule has 3 rings (SSSR count). The minimum Gasteiger partial charge on any atom is -0.396 e. The number of thiophene rings is 1. The summed E-state index contributed by atoms with van der Waals surface area (Å²) in [6.45, 7) is 0.732. The maximum atomic E-state index is 13.1. The van der Waals surface area contributed by atoms with Crippen molar-refractivity contribution in [2.45, 2.75) is 37.0 Å². The van der Waals surface area contributed by atoms with Crippen molar-refractivity contribution in [3.8, 4) is 0 Å². The highest BCUT2D eigenvalue weighted by atomic mass is 32.1. The highest BCUT2D eigenvalue weighted by molar-refractivity contribution is 7.07. The molecule has 1 aliphatic rings. The molecule has 0 saturated heterocycles. The summed E-state index contributed by atoms with van der Waals surface area (Å²) in [7, 11) is 0. The van der Waals surface area contributed by atoms with Gasteiger partial charge in [-0.25, -0.2) is 4.39 Å². The number of hydrogen-bond acceptors (Lipinski definition) is 3. The van der Waals surface area contributed by atoms with E-state index in [9.17, 15) is 14.3 Å². The van der Waals surface area contributed by atoms with Crippen molar-refractivity contribution in [3.63, 3.8) is 0 Å². The van der Waals surface area contributed by atoms with Gasteiger partial charge in [-0.3, -0.25) is 4.79 Å². The lowest BCUT2D eigenvalue weighted by Crippen LogP contribution is -2.35. The molecule has 0 aliphatic heterocycles. The Morgan fingerprint density at radius 3 is 2.58 bits per heavy atom. The van der Waals surface area contributed by atoms with Crippen LogP contribution in [0.5, 0.6) is 0 Å². The number of aliphatic hydroxyl groups is 1. The monoisotopic (exact) mass is 347 g/mol. The number of carbonyl (C=O) groups is 1. The molecule has 2 N–H and O–H groups in total. The van der Waals surface area contributed by atoms with Gasteiger partial charge >= 0.3 is 0 Å². The summed E-state index contributed by atoms with van der Waals surface area (Å²) in [5.74, 6) is 0.0160. The highest BCUT2D eigenvalue weighted by Crippen LogP contribution is 2.48. The van der Waals surface area contributed by atoms with Gasteiger partial charge in [0.1, 0.15) is 5.82 Å². The summed E-state index contributed by atoms with van der Waals surface area (Å²) in [4.78, 5) is 12.6.